The van der Waals surface area contributed by atoms with Crippen LogP contribution in [-0.4, -0.2) is 20.1 Å². The molecule has 0 unspecified atom stereocenters. The predicted molar refractivity (Wildman–Crippen MR) is 81.8 cm³/mol. The Labute approximate surface area is 137 Å². The predicted octanol–water partition coefficient (Wildman–Crippen LogP) is 3.36. The molecule has 4 nitrogen and oxygen atoms in total. The van der Waals surface area contributed by atoms with Crippen LogP contribution >= 0.6 is 0 Å². The summed E-state index contributed by atoms with van der Waals surface area (Å²) >= 11 is 0. The van der Waals surface area contributed by atoms with Crippen LogP contribution in [0.15, 0.2) is 24.3 Å². The van der Waals surface area contributed by atoms with Crippen molar-refractivity contribution in [1.82, 2.24) is 5.32 Å². The summed E-state index contributed by atoms with van der Waals surface area (Å²) < 4.78 is 50.2. The molecule has 0 aliphatic rings. The molecule has 0 aliphatic carbocycles. The van der Waals surface area contributed by atoms with E-state index in [2.05, 4.69) is 5.32 Å². The van der Waals surface area contributed by atoms with Crippen LogP contribution in [0.3, 0.4) is 0 Å². The highest BCUT2D eigenvalue weighted by Crippen LogP contribution is 2.31. The molecular weight excluding hydrogens is 323 g/mol. The molecule has 1 N–H and O–H groups in total. The highest BCUT2D eigenvalue weighted by Gasteiger charge is 2.19. The van der Waals surface area contributed by atoms with Crippen LogP contribution in [0.25, 0.3) is 0 Å². The molecule has 2 aromatic carbocycles. The van der Waals surface area contributed by atoms with Crippen molar-refractivity contribution in [2.75, 3.05) is 14.2 Å². The first-order chi connectivity index (χ1) is 11.4. The van der Waals surface area contributed by atoms with Gasteiger partial charge in [0.15, 0.2) is 17.5 Å². The van der Waals surface area contributed by atoms with E-state index in [4.69, 9.17) is 9.47 Å². The average molecular weight is 339 g/mol. The van der Waals surface area contributed by atoms with E-state index in [-0.39, 0.29) is 6.54 Å². The van der Waals surface area contributed by atoms with E-state index in [1.54, 1.807) is 19.1 Å². The fourth-order valence-electron chi connectivity index (χ4n) is 2.35. The fraction of sp³-hybridized carbons (Fsp3) is 0.235. The van der Waals surface area contributed by atoms with Crippen molar-refractivity contribution in [3.8, 4) is 11.5 Å². The molecule has 0 aliphatic heterocycles. The second-order valence-electron chi connectivity index (χ2n) is 4.99. The lowest BCUT2D eigenvalue weighted by molar-refractivity contribution is 0.0945. The Morgan fingerprint density at radius 1 is 1.04 bits per heavy atom. The Morgan fingerprint density at radius 2 is 1.75 bits per heavy atom. The third kappa shape index (κ3) is 3.29. The number of nitrogens with one attached hydrogen (secondary N) is 1. The number of carbonyl (C=O) groups is 1. The second-order valence-corrected chi connectivity index (χ2v) is 4.99. The Hall–Kier alpha value is -2.70. The number of amides is 1. The fourth-order valence-corrected chi connectivity index (χ4v) is 2.35. The van der Waals surface area contributed by atoms with Gasteiger partial charge in [-0.1, -0.05) is 0 Å². The van der Waals surface area contributed by atoms with Crippen molar-refractivity contribution in [3.63, 3.8) is 0 Å². The zero-order chi connectivity index (χ0) is 17.9. The molecular formula is C17H16F3NO3. The second kappa shape index (κ2) is 7.25. The molecule has 128 valence electrons. The van der Waals surface area contributed by atoms with Crippen molar-refractivity contribution < 1.29 is 27.4 Å². The van der Waals surface area contributed by atoms with Gasteiger partial charge in [-0.15, -0.1) is 0 Å². The third-order valence-corrected chi connectivity index (χ3v) is 3.58. The third-order valence-electron chi connectivity index (χ3n) is 3.58. The first-order valence-corrected chi connectivity index (χ1v) is 7.02. The number of ether oxygens (including phenoxy) is 2. The summed E-state index contributed by atoms with van der Waals surface area (Å²) in [7, 11) is 3.00. The van der Waals surface area contributed by atoms with Gasteiger partial charge >= 0.3 is 0 Å². The van der Waals surface area contributed by atoms with E-state index >= 15 is 0 Å². The summed E-state index contributed by atoms with van der Waals surface area (Å²) in [6.07, 6.45) is 0. The largest absolute Gasteiger partial charge is 0.496 e. The van der Waals surface area contributed by atoms with E-state index in [1.165, 1.54) is 14.2 Å². The molecule has 24 heavy (non-hydrogen) atoms. The molecule has 0 spiro atoms. The zero-order valence-corrected chi connectivity index (χ0v) is 13.4. The molecule has 0 saturated heterocycles. The summed E-state index contributed by atoms with van der Waals surface area (Å²) in [6, 6.07) is 4.98. The first kappa shape index (κ1) is 17.7. The van der Waals surface area contributed by atoms with E-state index in [1.807, 2.05) is 0 Å². The Kier molecular flexibility index (Phi) is 5.33. The Bertz CT molecular complexity index is 778. The summed E-state index contributed by atoms with van der Waals surface area (Å²) in [5.41, 5.74) is 0.802. The molecule has 0 radical (unpaired) electrons. The highest BCUT2D eigenvalue weighted by molar-refractivity contribution is 5.94. The van der Waals surface area contributed by atoms with Crippen molar-refractivity contribution in [3.05, 3.63) is 58.4 Å². The maximum atomic E-state index is 13.6. The molecule has 2 aromatic rings. The molecule has 7 heteroatoms. The monoisotopic (exact) mass is 339 g/mol. The molecule has 0 bridgehead atoms. The summed E-state index contributed by atoms with van der Waals surface area (Å²) in [5.74, 6) is -4.28. The minimum Gasteiger partial charge on any atom is -0.496 e. The van der Waals surface area contributed by atoms with Crippen molar-refractivity contribution in [1.29, 1.82) is 0 Å². The molecule has 0 aromatic heterocycles. The molecule has 0 atom stereocenters. The van der Waals surface area contributed by atoms with Gasteiger partial charge in [0, 0.05) is 17.7 Å². The lowest BCUT2D eigenvalue weighted by Gasteiger charge is -2.15. The van der Waals surface area contributed by atoms with E-state index in [0.29, 0.717) is 23.1 Å². The SMILES string of the molecule is COc1ccc(CNC(=O)c2ccc(F)c(F)c2F)c(OC)c1C. The maximum absolute atomic E-state index is 13.6. The van der Waals surface area contributed by atoms with E-state index in [9.17, 15) is 18.0 Å². The van der Waals surface area contributed by atoms with E-state index in [0.717, 1.165) is 11.6 Å². The topological polar surface area (TPSA) is 47.6 Å². The smallest absolute Gasteiger partial charge is 0.254 e. The zero-order valence-electron chi connectivity index (χ0n) is 13.4. The van der Waals surface area contributed by atoms with Crippen LogP contribution in [0.4, 0.5) is 13.2 Å². The molecule has 1 amide bonds. The minimum atomic E-state index is -1.68. The molecule has 0 saturated carbocycles. The normalized spacial score (nSPS) is 10.4. The lowest BCUT2D eigenvalue weighted by atomic mass is 10.1. The van der Waals surface area contributed by atoms with Gasteiger partial charge in [-0.3, -0.25) is 4.79 Å². The maximum Gasteiger partial charge on any atom is 0.254 e. The molecule has 0 fully saturated rings. The van der Waals surface area contributed by atoms with Crippen molar-refractivity contribution in [2.24, 2.45) is 0 Å². The van der Waals surface area contributed by atoms with Gasteiger partial charge in [-0.2, -0.15) is 0 Å². The highest BCUT2D eigenvalue weighted by atomic mass is 19.2. The number of rotatable bonds is 5. The van der Waals surface area contributed by atoms with E-state index < -0.39 is 28.9 Å². The van der Waals surface area contributed by atoms with Crippen LogP contribution in [0.5, 0.6) is 11.5 Å². The van der Waals surface area contributed by atoms with Crippen molar-refractivity contribution in [2.45, 2.75) is 13.5 Å². The average Bonchev–Trinajstić information content (AvgIpc) is 2.57. The van der Waals surface area contributed by atoms with Gasteiger partial charge in [0.05, 0.1) is 19.8 Å². The van der Waals surface area contributed by atoms with Crippen LogP contribution < -0.4 is 14.8 Å². The van der Waals surface area contributed by atoms with Crippen LogP contribution in [0.2, 0.25) is 0 Å². The number of hydrogen-bond donors (Lipinski definition) is 1. The number of carbonyl (C=O) groups excluding carboxylic acids is 1. The summed E-state index contributed by atoms with van der Waals surface area (Å²) in [5, 5.41) is 2.45. The lowest BCUT2D eigenvalue weighted by Crippen LogP contribution is -2.24. The van der Waals surface area contributed by atoms with Crippen LogP contribution in [-0.2, 0) is 6.54 Å². The quantitative estimate of drug-likeness (QED) is 0.850. The summed E-state index contributed by atoms with van der Waals surface area (Å²) in [6.45, 7) is 1.81. The molecule has 2 rings (SSSR count). The molecule has 0 heterocycles. The number of methoxy groups -OCH3 is 2. The van der Waals surface area contributed by atoms with Gasteiger partial charge in [-0.05, 0) is 31.2 Å². The first-order valence-electron chi connectivity index (χ1n) is 7.02. The van der Waals surface area contributed by atoms with Gasteiger partial charge in [0.1, 0.15) is 11.5 Å². The number of benzene rings is 2. The number of halogens is 3. The van der Waals surface area contributed by atoms with Gasteiger partial charge in [-0.25, -0.2) is 13.2 Å². The van der Waals surface area contributed by atoms with Gasteiger partial charge in [0.25, 0.3) is 5.91 Å². The van der Waals surface area contributed by atoms with Crippen molar-refractivity contribution >= 4 is 5.91 Å². The standard InChI is InChI=1S/C17H16F3NO3/c1-9-13(23-2)7-4-10(16(9)24-3)8-21-17(22)11-5-6-12(18)15(20)14(11)19/h4-7H,8H2,1-3H3,(H,21,22). The van der Waals surface area contributed by atoms with Crippen LogP contribution in [0.1, 0.15) is 21.5 Å². The van der Waals surface area contributed by atoms with Gasteiger partial charge in [0.2, 0.25) is 0 Å². The Morgan fingerprint density at radius 3 is 2.38 bits per heavy atom. The van der Waals surface area contributed by atoms with Crippen LogP contribution in [0, 0.1) is 24.4 Å². The number of hydrogen-bond acceptors (Lipinski definition) is 3. The minimum absolute atomic E-state index is 0.0191. The summed E-state index contributed by atoms with van der Waals surface area (Å²) in [4.78, 5) is 12.0. The Balaban J connectivity index is 2.21. The van der Waals surface area contributed by atoms with Gasteiger partial charge < -0.3 is 14.8 Å².